The molecule has 2 saturated heterocycles. The van der Waals surface area contributed by atoms with Crippen molar-refractivity contribution in [3.05, 3.63) is 0 Å². The van der Waals surface area contributed by atoms with Gasteiger partial charge in [-0.05, 0) is 46.5 Å². The van der Waals surface area contributed by atoms with E-state index in [2.05, 4.69) is 10.6 Å². The number of carbonyl (C=O) groups is 1. The molecule has 0 spiro atoms. The van der Waals surface area contributed by atoms with Gasteiger partial charge in [-0.1, -0.05) is 6.42 Å². The van der Waals surface area contributed by atoms with Crippen LogP contribution in [0.1, 0.15) is 52.9 Å². The molecule has 4 nitrogen and oxygen atoms in total. The third-order valence-corrected chi connectivity index (χ3v) is 3.44. The van der Waals surface area contributed by atoms with Gasteiger partial charge in [0.25, 0.3) is 0 Å². The highest BCUT2D eigenvalue weighted by Crippen LogP contribution is 2.25. The molecule has 0 aromatic carbocycles. The molecule has 2 N–H and O–H groups in total. The van der Waals surface area contributed by atoms with Crippen LogP contribution in [0.5, 0.6) is 0 Å². The summed E-state index contributed by atoms with van der Waals surface area (Å²) in [6.45, 7) is 5.68. The molecule has 1 amide bonds. The van der Waals surface area contributed by atoms with E-state index in [4.69, 9.17) is 4.74 Å². The zero-order chi connectivity index (χ0) is 12.5. The quantitative estimate of drug-likeness (QED) is 0.738. The molecule has 2 fully saturated rings. The third kappa shape index (κ3) is 3.87. The maximum absolute atomic E-state index is 11.7. The molecule has 2 heterocycles. The molecule has 2 aliphatic rings. The lowest BCUT2D eigenvalue weighted by Crippen LogP contribution is -2.55. The number of piperidine rings is 2. The van der Waals surface area contributed by atoms with Gasteiger partial charge in [0.15, 0.2) is 0 Å². The van der Waals surface area contributed by atoms with E-state index in [1.165, 1.54) is 19.3 Å². The molecule has 2 atom stereocenters. The van der Waals surface area contributed by atoms with Crippen LogP contribution in [-0.4, -0.2) is 29.8 Å². The first-order valence-corrected chi connectivity index (χ1v) is 6.68. The van der Waals surface area contributed by atoms with Gasteiger partial charge in [-0.2, -0.15) is 0 Å². The molecule has 2 bridgehead atoms. The summed E-state index contributed by atoms with van der Waals surface area (Å²) in [5.41, 5.74) is -0.410. The Morgan fingerprint density at radius 1 is 1.24 bits per heavy atom. The summed E-state index contributed by atoms with van der Waals surface area (Å²) in [6, 6.07) is 1.45. The van der Waals surface area contributed by atoms with Gasteiger partial charge < -0.3 is 15.4 Å². The predicted molar refractivity (Wildman–Crippen MR) is 67.0 cm³/mol. The van der Waals surface area contributed by atoms with Crippen LogP contribution < -0.4 is 10.6 Å². The Hall–Kier alpha value is -0.770. The summed E-state index contributed by atoms with van der Waals surface area (Å²) in [6.07, 6.45) is 5.60. The van der Waals surface area contributed by atoms with Crippen LogP contribution in [0.15, 0.2) is 0 Å². The summed E-state index contributed by atoms with van der Waals surface area (Å²) in [7, 11) is 0. The third-order valence-electron chi connectivity index (χ3n) is 3.44. The molecular formula is C13H24N2O2. The summed E-state index contributed by atoms with van der Waals surface area (Å²) in [4.78, 5) is 11.7. The Labute approximate surface area is 103 Å². The highest BCUT2D eigenvalue weighted by atomic mass is 16.6. The Balaban J connectivity index is 1.81. The van der Waals surface area contributed by atoms with Gasteiger partial charge in [0.05, 0.1) is 0 Å². The van der Waals surface area contributed by atoms with E-state index in [0.29, 0.717) is 12.1 Å². The molecule has 98 valence electrons. The van der Waals surface area contributed by atoms with E-state index in [-0.39, 0.29) is 12.1 Å². The molecule has 0 unspecified atom stereocenters. The SMILES string of the molecule is CC(C)(C)OC(=O)NC1C[C@H]2CCC[C@H](C1)N2. The van der Waals surface area contributed by atoms with Crippen LogP contribution in [0.4, 0.5) is 4.79 Å². The van der Waals surface area contributed by atoms with E-state index in [9.17, 15) is 4.79 Å². The standard InChI is InChI=1S/C13H24N2O2/c1-13(2,3)17-12(16)15-11-7-9-5-4-6-10(8-11)14-9/h9-11,14H,4-8H2,1-3H3,(H,15,16)/t9-,10-/m1/s1. The number of fused-ring (bicyclic) bond motifs is 2. The van der Waals surface area contributed by atoms with Gasteiger partial charge in [-0.3, -0.25) is 0 Å². The van der Waals surface area contributed by atoms with Crippen molar-refractivity contribution in [2.75, 3.05) is 0 Å². The smallest absolute Gasteiger partial charge is 0.407 e. The second kappa shape index (κ2) is 4.84. The van der Waals surface area contributed by atoms with E-state index in [1.54, 1.807) is 0 Å². The van der Waals surface area contributed by atoms with E-state index < -0.39 is 5.60 Å². The highest BCUT2D eigenvalue weighted by molar-refractivity contribution is 5.68. The topological polar surface area (TPSA) is 50.4 Å². The largest absolute Gasteiger partial charge is 0.444 e. The highest BCUT2D eigenvalue weighted by Gasteiger charge is 2.32. The second-order valence-electron chi connectivity index (χ2n) is 6.31. The number of amides is 1. The lowest BCUT2D eigenvalue weighted by Gasteiger charge is -2.40. The zero-order valence-electron chi connectivity index (χ0n) is 11.1. The van der Waals surface area contributed by atoms with Crippen molar-refractivity contribution in [2.45, 2.75) is 76.6 Å². The monoisotopic (exact) mass is 240 g/mol. The van der Waals surface area contributed by atoms with Crippen molar-refractivity contribution in [3.63, 3.8) is 0 Å². The van der Waals surface area contributed by atoms with Gasteiger partial charge in [0.2, 0.25) is 0 Å². The van der Waals surface area contributed by atoms with E-state index >= 15 is 0 Å². The first-order valence-electron chi connectivity index (χ1n) is 6.68. The van der Waals surface area contributed by atoms with E-state index in [0.717, 1.165) is 12.8 Å². The van der Waals surface area contributed by atoms with Gasteiger partial charge in [-0.25, -0.2) is 4.79 Å². The van der Waals surface area contributed by atoms with E-state index in [1.807, 2.05) is 20.8 Å². The normalized spacial score (nSPS) is 33.0. The van der Waals surface area contributed by atoms with Crippen molar-refractivity contribution in [2.24, 2.45) is 0 Å². The predicted octanol–water partition coefficient (Wildman–Crippen LogP) is 2.18. The van der Waals surface area contributed by atoms with Crippen LogP contribution in [-0.2, 0) is 4.74 Å². The van der Waals surface area contributed by atoms with Gasteiger partial charge in [0.1, 0.15) is 5.60 Å². The van der Waals surface area contributed by atoms with Crippen molar-refractivity contribution in [1.29, 1.82) is 0 Å². The van der Waals surface area contributed by atoms with Gasteiger partial charge in [0, 0.05) is 18.1 Å². The molecule has 0 aromatic heterocycles. The first-order chi connectivity index (χ1) is 7.92. The Bertz CT molecular complexity index is 274. The van der Waals surface area contributed by atoms with Crippen LogP contribution in [0.2, 0.25) is 0 Å². The van der Waals surface area contributed by atoms with Gasteiger partial charge >= 0.3 is 6.09 Å². The average Bonchev–Trinajstić information content (AvgIpc) is 2.13. The Kier molecular flexibility index (Phi) is 3.61. The number of nitrogens with one attached hydrogen (secondary N) is 2. The van der Waals surface area contributed by atoms with Crippen molar-refractivity contribution in [3.8, 4) is 0 Å². The zero-order valence-corrected chi connectivity index (χ0v) is 11.1. The summed E-state index contributed by atoms with van der Waals surface area (Å²) >= 11 is 0. The fraction of sp³-hybridized carbons (Fsp3) is 0.923. The lowest BCUT2D eigenvalue weighted by atomic mass is 9.84. The second-order valence-corrected chi connectivity index (χ2v) is 6.31. The van der Waals surface area contributed by atoms with Crippen molar-refractivity contribution < 1.29 is 9.53 Å². The molecule has 0 radical (unpaired) electrons. The molecule has 0 aromatic rings. The minimum atomic E-state index is -0.410. The number of hydrogen-bond acceptors (Lipinski definition) is 3. The summed E-state index contributed by atoms with van der Waals surface area (Å²) in [5, 5.41) is 6.61. The van der Waals surface area contributed by atoms with Crippen LogP contribution in [0.25, 0.3) is 0 Å². The first kappa shape index (κ1) is 12.7. The van der Waals surface area contributed by atoms with Crippen LogP contribution in [0, 0.1) is 0 Å². The Morgan fingerprint density at radius 2 is 1.82 bits per heavy atom. The lowest BCUT2D eigenvalue weighted by molar-refractivity contribution is 0.0474. The number of hydrogen-bond donors (Lipinski definition) is 2. The number of carbonyl (C=O) groups excluding carboxylic acids is 1. The maximum atomic E-state index is 11.7. The molecular weight excluding hydrogens is 216 g/mol. The van der Waals surface area contributed by atoms with Crippen LogP contribution >= 0.6 is 0 Å². The average molecular weight is 240 g/mol. The molecule has 4 heteroatoms. The number of rotatable bonds is 1. The summed E-state index contributed by atoms with van der Waals surface area (Å²) in [5.74, 6) is 0. The van der Waals surface area contributed by atoms with Crippen molar-refractivity contribution >= 4 is 6.09 Å². The number of ether oxygens (including phenoxy) is 1. The number of alkyl carbamates (subject to hydrolysis) is 1. The minimum Gasteiger partial charge on any atom is -0.444 e. The molecule has 2 rings (SSSR count). The maximum Gasteiger partial charge on any atom is 0.407 e. The fourth-order valence-electron chi connectivity index (χ4n) is 2.86. The molecule has 0 aliphatic carbocycles. The van der Waals surface area contributed by atoms with Gasteiger partial charge in [-0.15, -0.1) is 0 Å². The minimum absolute atomic E-state index is 0.275. The molecule has 2 aliphatic heterocycles. The molecule has 17 heavy (non-hydrogen) atoms. The van der Waals surface area contributed by atoms with Crippen molar-refractivity contribution in [1.82, 2.24) is 10.6 Å². The summed E-state index contributed by atoms with van der Waals surface area (Å²) < 4.78 is 5.29. The molecule has 0 saturated carbocycles. The Morgan fingerprint density at radius 3 is 2.35 bits per heavy atom. The fourth-order valence-corrected chi connectivity index (χ4v) is 2.86. The van der Waals surface area contributed by atoms with Crippen LogP contribution in [0.3, 0.4) is 0 Å².